The fourth-order valence-electron chi connectivity index (χ4n) is 1.60. The summed E-state index contributed by atoms with van der Waals surface area (Å²) in [5.41, 5.74) is 0. The Balaban J connectivity index is 2.43. The van der Waals surface area contributed by atoms with Crippen LogP contribution in [0.3, 0.4) is 0 Å². The van der Waals surface area contributed by atoms with Gasteiger partial charge in [-0.2, -0.15) is 0 Å². The zero-order chi connectivity index (χ0) is 12.1. The Morgan fingerprint density at radius 2 is 2.19 bits per heavy atom. The fraction of sp³-hybridized carbons (Fsp3) is 0.700. The number of halogens is 1. The minimum Gasteiger partial charge on any atom is -0.345 e. The van der Waals surface area contributed by atoms with Gasteiger partial charge in [-0.1, -0.05) is 0 Å². The van der Waals surface area contributed by atoms with Gasteiger partial charge in [0.15, 0.2) is 0 Å². The summed E-state index contributed by atoms with van der Waals surface area (Å²) in [5, 5.41) is 5.52. The van der Waals surface area contributed by atoms with E-state index in [1.54, 1.807) is 0 Å². The molecule has 0 radical (unpaired) electrons. The van der Waals surface area contributed by atoms with Crippen molar-refractivity contribution in [3.05, 3.63) is 0 Å². The van der Waals surface area contributed by atoms with Gasteiger partial charge in [0.05, 0.1) is 18.0 Å². The predicted octanol–water partition coefficient (Wildman–Crippen LogP) is -0.380. The molecular weight excluding hydrogens is 232 g/mol. The Bertz CT molecular complexity index is 300. The Labute approximate surface area is 98.9 Å². The number of amides is 1. The van der Waals surface area contributed by atoms with Crippen LogP contribution < -0.4 is 10.6 Å². The highest BCUT2D eigenvalue weighted by atomic mass is 35.5. The topological polar surface area (TPSA) is 75.3 Å². The van der Waals surface area contributed by atoms with Gasteiger partial charge in [-0.05, 0) is 26.3 Å². The molecule has 2 N–H and O–H groups in total. The number of rotatable bonds is 5. The Kier molecular flexibility index (Phi) is 4.89. The molecule has 1 saturated heterocycles. The van der Waals surface area contributed by atoms with Gasteiger partial charge in [-0.15, -0.1) is 11.6 Å². The summed E-state index contributed by atoms with van der Waals surface area (Å²) >= 11 is 5.26. The number of carbonyl (C=O) groups excluding carboxylic acids is 3. The lowest BCUT2D eigenvalue weighted by molar-refractivity contribution is -0.137. The summed E-state index contributed by atoms with van der Waals surface area (Å²) in [5.74, 6) is -1.91. The van der Waals surface area contributed by atoms with E-state index < -0.39 is 17.6 Å². The number of nitrogens with one attached hydrogen (secondary N) is 2. The van der Waals surface area contributed by atoms with Crippen molar-refractivity contribution in [1.82, 2.24) is 10.6 Å². The third kappa shape index (κ3) is 3.28. The summed E-state index contributed by atoms with van der Waals surface area (Å²) in [4.78, 5) is 34.0. The number of hydrogen-bond acceptors (Lipinski definition) is 4. The molecular formula is C10H15ClN2O3. The van der Waals surface area contributed by atoms with E-state index in [-0.39, 0.29) is 17.8 Å². The van der Waals surface area contributed by atoms with Gasteiger partial charge < -0.3 is 10.6 Å². The van der Waals surface area contributed by atoms with Crippen LogP contribution in [0.15, 0.2) is 0 Å². The molecule has 5 nitrogen and oxygen atoms in total. The highest BCUT2D eigenvalue weighted by Crippen LogP contribution is 2.05. The molecule has 0 saturated carbocycles. The minimum absolute atomic E-state index is 0.235. The molecule has 1 amide bonds. The second-order valence-electron chi connectivity index (χ2n) is 3.80. The van der Waals surface area contributed by atoms with Crippen molar-refractivity contribution in [2.24, 2.45) is 0 Å². The van der Waals surface area contributed by atoms with Crippen LogP contribution in [0.25, 0.3) is 0 Å². The van der Waals surface area contributed by atoms with Crippen LogP contribution in [0, 0.1) is 0 Å². The van der Waals surface area contributed by atoms with Crippen molar-refractivity contribution in [3.63, 3.8) is 0 Å². The zero-order valence-corrected chi connectivity index (χ0v) is 9.84. The van der Waals surface area contributed by atoms with Crippen molar-refractivity contribution in [2.75, 3.05) is 12.4 Å². The number of hydrogen-bond donors (Lipinski definition) is 2. The van der Waals surface area contributed by atoms with Crippen LogP contribution in [-0.2, 0) is 14.4 Å². The molecule has 0 aliphatic carbocycles. The first-order chi connectivity index (χ1) is 7.56. The molecule has 6 heteroatoms. The second-order valence-corrected chi connectivity index (χ2v) is 4.07. The standard InChI is InChI=1S/C10H15ClN2O3/c1-6(9(15)8(14)5-11)13-10(16)7-3-2-4-12-7/h6-7,12H,2-5H2,1H3,(H,13,16)/t6-,7-/m0/s1. The monoisotopic (exact) mass is 246 g/mol. The Morgan fingerprint density at radius 3 is 2.69 bits per heavy atom. The van der Waals surface area contributed by atoms with Gasteiger partial charge >= 0.3 is 0 Å². The van der Waals surface area contributed by atoms with Crippen molar-refractivity contribution in [2.45, 2.75) is 31.8 Å². The van der Waals surface area contributed by atoms with E-state index in [1.807, 2.05) is 0 Å². The SMILES string of the molecule is C[C@H](NC(=O)[C@@H]1CCCN1)C(=O)C(=O)CCl. The highest BCUT2D eigenvalue weighted by Gasteiger charge is 2.27. The summed E-state index contributed by atoms with van der Waals surface area (Å²) in [6, 6.07) is -1.05. The number of Topliss-reactive ketones (excluding diaryl/α,β-unsaturated/α-hetero) is 2. The average Bonchev–Trinajstić information content (AvgIpc) is 2.80. The summed E-state index contributed by atoms with van der Waals surface area (Å²) in [6.07, 6.45) is 1.71. The molecule has 16 heavy (non-hydrogen) atoms. The maximum absolute atomic E-state index is 11.6. The molecule has 1 aliphatic heterocycles. The Hall–Kier alpha value is -0.940. The van der Waals surface area contributed by atoms with Gasteiger partial charge in [0, 0.05) is 0 Å². The highest BCUT2D eigenvalue weighted by molar-refractivity contribution is 6.48. The van der Waals surface area contributed by atoms with Gasteiger partial charge in [0.2, 0.25) is 17.5 Å². The Morgan fingerprint density at radius 1 is 1.50 bits per heavy atom. The molecule has 1 rings (SSSR count). The smallest absolute Gasteiger partial charge is 0.237 e. The summed E-state index contributed by atoms with van der Waals surface area (Å²) in [7, 11) is 0. The lowest BCUT2D eigenvalue weighted by Crippen LogP contribution is -2.48. The molecule has 0 unspecified atom stereocenters. The molecule has 0 bridgehead atoms. The molecule has 90 valence electrons. The van der Waals surface area contributed by atoms with Crippen molar-refractivity contribution >= 4 is 29.1 Å². The molecule has 0 aromatic heterocycles. The number of ketones is 2. The third-order valence-corrected chi connectivity index (χ3v) is 2.77. The zero-order valence-electron chi connectivity index (χ0n) is 9.09. The van der Waals surface area contributed by atoms with Crippen LogP contribution in [0.4, 0.5) is 0 Å². The van der Waals surface area contributed by atoms with Crippen LogP contribution in [-0.4, -0.2) is 42.0 Å². The molecule has 1 aliphatic rings. The molecule has 0 spiro atoms. The quantitative estimate of drug-likeness (QED) is 0.512. The van der Waals surface area contributed by atoms with Crippen molar-refractivity contribution < 1.29 is 14.4 Å². The fourth-order valence-corrected chi connectivity index (χ4v) is 1.73. The lowest BCUT2D eigenvalue weighted by Gasteiger charge is -2.15. The van der Waals surface area contributed by atoms with E-state index in [2.05, 4.69) is 10.6 Å². The van der Waals surface area contributed by atoms with Gasteiger partial charge in [-0.25, -0.2) is 0 Å². The summed E-state index contributed by atoms with van der Waals surface area (Å²) < 4.78 is 0. The number of alkyl halides is 1. The van der Waals surface area contributed by atoms with E-state index in [9.17, 15) is 14.4 Å². The molecule has 0 aromatic rings. The first-order valence-corrected chi connectivity index (χ1v) is 5.76. The normalized spacial score (nSPS) is 21.5. The van der Waals surface area contributed by atoms with Crippen LogP contribution in [0.5, 0.6) is 0 Å². The lowest BCUT2D eigenvalue weighted by atomic mass is 10.1. The maximum Gasteiger partial charge on any atom is 0.237 e. The first-order valence-electron chi connectivity index (χ1n) is 5.23. The maximum atomic E-state index is 11.6. The third-order valence-electron chi connectivity index (χ3n) is 2.53. The van der Waals surface area contributed by atoms with Gasteiger partial charge in [-0.3, -0.25) is 14.4 Å². The van der Waals surface area contributed by atoms with Gasteiger partial charge in [0.1, 0.15) is 0 Å². The van der Waals surface area contributed by atoms with E-state index in [1.165, 1.54) is 6.92 Å². The van der Waals surface area contributed by atoms with Gasteiger partial charge in [0.25, 0.3) is 0 Å². The number of carbonyl (C=O) groups is 3. The van der Waals surface area contributed by atoms with E-state index in [0.717, 1.165) is 19.4 Å². The van der Waals surface area contributed by atoms with E-state index in [4.69, 9.17) is 11.6 Å². The molecule has 1 heterocycles. The molecule has 1 fully saturated rings. The average molecular weight is 247 g/mol. The van der Waals surface area contributed by atoms with E-state index >= 15 is 0 Å². The molecule has 2 atom stereocenters. The largest absolute Gasteiger partial charge is 0.345 e. The minimum atomic E-state index is -0.804. The van der Waals surface area contributed by atoms with Crippen LogP contribution >= 0.6 is 11.6 Å². The second kappa shape index (κ2) is 5.96. The van der Waals surface area contributed by atoms with Crippen molar-refractivity contribution in [1.29, 1.82) is 0 Å². The molecule has 0 aromatic carbocycles. The predicted molar refractivity (Wildman–Crippen MR) is 59.4 cm³/mol. The van der Waals surface area contributed by atoms with Crippen LogP contribution in [0.2, 0.25) is 0 Å². The van der Waals surface area contributed by atoms with Crippen molar-refractivity contribution in [3.8, 4) is 0 Å². The summed E-state index contributed by atoms with van der Waals surface area (Å²) in [6.45, 7) is 2.29. The van der Waals surface area contributed by atoms with Crippen LogP contribution in [0.1, 0.15) is 19.8 Å². The van der Waals surface area contributed by atoms with E-state index in [0.29, 0.717) is 0 Å². The first kappa shape index (κ1) is 13.1.